The minimum absolute atomic E-state index is 0.0962. The molecule has 14 heavy (non-hydrogen) atoms. The molecule has 1 aromatic carbocycles. The van der Waals surface area contributed by atoms with Gasteiger partial charge in [-0.15, -0.1) is 0 Å². The Morgan fingerprint density at radius 2 is 2.00 bits per heavy atom. The summed E-state index contributed by atoms with van der Waals surface area (Å²) in [7, 11) is -3.00. The summed E-state index contributed by atoms with van der Waals surface area (Å²) in [5, 5.41) is -0.530. The highest BCUT2D eigenvalue weighted by Gasteiger charge is 2.45. The molecule has 2 N–H and O–H groups in total. The molecule has 0 aliphatic carbocycles. The summed E-state index contributed by atoms with van der Waals surface area (Å²) in [6, 6.07) is 7.03. The topological polar surface area (TPSA) is 60.2 Å². The van der Waals surface area contributed by atoms with Crippen molar-refractivity contribution in [2.45, 2.75) is 11.3 Å². The van der Waals surface area contributed by atoms with Crippen LogP contribution in [0.2, 0.25) is 0 Å². The van der Waals surface area contributed by atoms with Crippen molar-refractivity contribution in [2.75, 3.05) is 5.75 Å². The van der Waals surface area contributed by atoms with Crippen LogP contribution in [-0.2, 0) is 9.84 Å². The van der Waals surface area contributed by atoms with E-state index in [0.717, 1.165) is 10.0 Å². The molecule has 0 saturated carbocycles. The summed E-state index contributed by atoms with van der Waals surface area (Å²) < 4.78 is 23.8. The lowest BCUT2D eigenvalue weighted by atomic mass is 10.1. The van der Waals surface area contributed by atoms with Gasteiger partial charge in [0, 0.05) is 10.5 Å². The van der Waals surface area contributed by atoms with Crippen LogP contribution >= 0.6 is 15.9 Å². The monoisotopic (exact) mass is 275 g/mol. The van der Waals surface area contributed by atoms with Crippen molar-refractivity contribution in [1.29, 1.82) is 0 Å². The Hall–Kier alpha value is -0.390. The van der Waals surface area contributed by atoms with Crippen LogP contribution in [0.25, 0.3) is 0 Å². The Morgan fingerprint density at radius 1 is 1.36 bits per heavy atom. The molecule has 0 amide bonds. The van der Waals surface area contributed by atoms with E-state index in [0.29, 0.717) is 0 Å². The van der Waals surface area contributed by atoms with Crippen LogP contribution in [-0.4, -0.2) is 20.2 Å². The Balaban J connectivity index is 2.46. The zero-order valence-corrected chi connectivity index (χ0v) is 9.75. The number of rotatable bonds is 1. The lowest BCUT2D eigenvalue weighted by molar-refractivity contribution is 0.522. The van der Waals surface area contributed by atoms with Crippen LogP contribution in [0.5, 0.6) is 0 Å². The van der Waals surface area contributed by atoms with E-state index in [9.17, 15) is 8.42 Å². The molecule has 0 spiro atoms. The average molecular weight is 276 g/mol. The molecule has 5 heteroatoms. The predicted octanol–water partition coefficient (Wildman–Crippen LogP) is 1.25. The van der Waals surface area contributed by atoms with Gasteiger partial charge in [0.15, 0.2) is 9.84 Å². The van der Waals surface area contributed by atoms with Crippen LogP contribution in [0.4, 0.5) is 0 Å². The van der Waals surface area contributed by atoms with Crippen LogP contribution in [0, 0.1) is 0 Å². The third-order valence-electron chi connectivity index (χ3n) is 2.41. The van der Waals surface area contributed by atoms with E-state index in [1.54, 1.807) is 6.07 Å². The van der Waals surface area contributed by atoms with Gasteiger partial charge in [0.1, 0.15) is 5.25 Å². The standard InChI is InChI=1S/C9H10BrNO2S/c10-7-4-2-1-3-6(7)9-8(11)5-14(9,12)13/h1-4,8-9H,5,11H2. The first-order valence-corrected chi connectivity index (χ1v) is 6.75. The van der Waals surface area contributed by atoms with E-state index >= 15 is 0 Å². The molecule has 1 heterocycles. The molecule has 0 aromatic heterocycles. The van der Waals surface area contributed by atoms with Crippen LogP contribution in [0.3, 0.4) is 0 Å². The minimum Gasteiger partial charge on any atom is -0.325 e. The van der Waals surface area contributed by atoms with Crippen LogP contribution in [0.1, 0.15) is 10.8 Å². The minimum atomic E-state index is -3.00. The van der Waals surface area contributed by atoms with E-state index in [1.165, 1.54) is 0 Å². The molecule has 2 unspecified atom stereocenters. The van der Waals surface area contributed by atoms with E-state index < -0.39 is 15.1 Å². The van der Waals surface area contributed by atoms with Gasteiger partial charge in [-0.2, -0.15) is 0 Å². The van der Waals surface area contributed by atoms with Gasteiger partial charge in [0.25, 0.3) is 0 Å². The van der Waals surface area contributed by atoms with E-state index in [-0.39, 0.29) is 11.8 Å². The molecule has 1 saturated heterocycles. The highest BCUT2D eigenvalue weighted by molar-refractivity contribution is 9.10. The number of halogens is 1. The van der Waals surface area contributed by atoms with Crippen molar-refractivity contribution in [2.24, 2.45) is 5.73 Å². The Kier molecular flexibility index (Phi) is 2.41. The summed E-state index contributed by atoms with van der Waals surface area (Å²) in [5.74, 6) is 0.0962. The summed E-state index contributed by atoms with van der Waals surface area (Å²) in [6.45, 7) is 0. The summed E-state index contributed by atoms with van der Waals surface area (Å²) in [5.41, 5.74) is 6.47. The highest BCUT2D eigenvalue weighted by Crippen LogP contribution is 2.38. The van der Waals surface area contributed by atoms with Gasteiger partial charge in [-0.05, 0) is 11.6 Å². The van der Waals surface area contributed by atoms with Crippen molar-refractivity contribution >= 4 is 25.8 Å². The fourth-order valence-electron chi connectivity index (χ4n) is 1.73. The maximum Gasteiger partial charge on any atom is 0.160 e. The van der Waals surface area contributed by atoms with Gasteiger partial charge in [0.05, 0.1) is 5.75 Å². The Bertz CT molecular complexity index is 458. The molecule has 1 aromatic rings. The zero-order chi connectivity index (χ0) is 10.3. The van der Waals surface area contributed by atoms with Crippen molar-refractivity contribution in [3.63, 3.8) is 0 Å². The molecule has 1 aliphatic rings. The van der Waals surface area contributed by atoms with E-state index in [2.05, 4.69) is 15.9 Å². The molecule has 1 fully saturated rings. The first kappa shape index (κ1) is 10.1. The zero-order valence-electron chi connectivity index (χ0n) is 7.35. The van der Waals surface area contributed by atoms with Crippen LogP contribution < -0.4 is 5.73 Å². The van der Waals surface area contributed by atoms with Crippen molar-refractivity contribution in [3.05, 3.63) is 34.3 Å². The first-order valence-electron chi connectivity index (χ1n) is 4.24. The fourth-order valence-corrected chi connectivity index (χ4v) is 4.22. The van der Waals surface area contributed by atoms with Gasteiger partial charge < -0.3 is 5.73 Å². The maximum atomic E-state index is 11.5. The summed E-state index contributed by atoms with van der Waals surface area (Å²) >= 11 is 3.33. The predicted molar refractivity (Wildman–Crippen MR) is 58.6 cm³/mol. The molecule has 3 nitrogen and oxygen atoms in total. The lowest BCUT2D eigenvalue weighted by Crippen LogP contribution is -2.50. The fraction of sp³-hybridized carbons (Fsp3) is 0.333. The number of hydrogen-bond acceptors (Lipinski definition) is 3. The van der Waals surface area contributed by atoms with Crippen molar-refractivity contribution < 1.29 is 8.42 Å². The Morgan fingerprint density at radius 3 is 2.50 bits per heavy atom. The number of hydrogen-bond donors (Lipinski definition) is 1. The van der Waals surface area contributed by atoms with Gasteiger partial charge >= 0.3 is 0 Å². The first-order chi connectivity index (χ1) is 6.52. The third-order valence-corrected chi connectivity index (χ3v) is 5.36. The maximum absolute atomic E-state index is 11.5. The van der Waals surface area contributed by atoms with Crippen molar-refractivity contribution in [3.8, 4) is 0 Å². The molecule has 76 valence electrons. The quantitative estimate of drug-likeness (QED) is 0.839. The number of nitrogens with two attached hydrogens (primary N) is 1. The smallest absolute Gasteiger partial charge is 0.160 e. The van der Waals surface area contributed by atoms with Crippen LogP contribution in [0.15, 0.2) is 28.7 Å². The number of sulfone groups is 1. The second kappa shape index (κ2) is 3.32. The second-order valence-corrected chi connectivity index (χ2v) is 6.46. The molecule has 2 atom stereocenters. The molecular formula is C9H10BrNO2S. The van der Waals surface area contributed by atoms with E-state index in [1.807, 2.05) is 18.2 Å². The normalized spacial score (nSPS) is 29.6. The summed E-state index contributed by atoms with van der Waals surface area (Å²) in [4.78, 5) is 0. The SMILES string of the molecule is NC1CS(=O)(=O)C1c1ccccc1Br. The van der Waals surface area contributed by atoms with E-state index in [4.69, 9.17) is 5.73 Å². The Labute approximate surface area is 91.4 Å². The third kappa shape index (κ3) is 1.49. The largest absolute Gasteiger partial charge is 0.325 e. The van der Waals surface area contributed by atoms with Gasteiger partial charge in [-0.3, -0.25) is 0 Å². The van der Waals surface area contributed by atoms with Gasteiger partial charge in [0.2, 0.25) is 0 Å². The molecule has 0 radical (unpaired) electrons. The van der Waals surface area contributed by atoms with Gasteiger partial charge in [-0.1, -0.05) is 34.1 Å². The summed E-state index contributed by atoms with van der Waals surface area (Å²) in [6.07, 6.45) is 0. The highest BCUT2D eigenvalue weighted by atomic mass is 79.9. The average Bonchev–Trinajstić information content (AvgIpc) is 2.07. The lowest BCUT2D eigenvalue weighted by Gasteiger charge is -2.34. The second-order valence-electron chi connectivity index (χ2n) is 3.44. The molecule has 1 aliphatic heterocycles. The van der Waals surface area contributed by atoms with Gasteiger partial charge in [-0.25, -0.2) is 8.42 Å². The van der Waals surface area contributed by atoms with Crippen molar-refractivity contribution in [1.82, 2.24) is 0 Å². The molecule has 0 bridgehead atoms. The molecule has 2 rings (SSSR count). The number of benzene rings is 1. The molecular weight excluding hydrogens is 266 g/mol.